The van der Waals surface area contributed by atoms with E-state index in [-0.39, 0.29) is 17.2 Å². The van der Waals surface area contributed by atoms with Crippen LogP contribution in [0.15, 0.2) is 6.07 Å². The van der Waals surface area contributed by atoms with Gasteiger partial charge in [0.25, 0.3) is 6.43 Å². The van der Waals surface area contributed by atoms with Crippen molar-refractivity contribution in [1.82, 2.24) is 4.98 Å². The fourth-order valence-corrected chi connectivity index (χ4v) is 1.87. The summed E-state index contributed by atoms with van der Waals surface area (Å²) in [6, 6.07) is 1.29. The molecule has 1 aromatic rings. The van der Waals surface area contributed by atoms with Gasteiger partial charge in [-0.2, -0.15) is 0 Å². The first-order valence-corrected chi connectivity index (χ1v) is 5.29. The Morgan fingerprint density at radius 3 is 2.71 bits per heavy atom. The Balaban J connectivity index is 3.31. The number of rotatable bonds is 3. The lowest BCUT2D eigenvalue weighted by Crippen LogP contribution is -2.01. The summed E-state index contributed by atoms with van der Waals surface area (Å²) in [5, 5.41) is 0. The second-order valence-corrected chi connectivity index (χ2v) is 3.82. The van der Waals surface area contributed by atoms with Gasteiger partial charge in [0.1, 0.15) is 3.70 Å². The number of methoxy groups -OCH3 is 1. The van der Waals surface area contributed by atoms with Crippen molar-refractivity contribution in [3.63, 3.8) is 0 Å². The first-order valence-electron chi connectivity index (χ1n) is 3.67. The zero-order chi connectivity index (χ0) is 10.7. The van der Waals surface area contributed by atoms with Crippen molar-refractivity contribution in [3.8, 4) is 5.75 Å². The highest BCUT2D eigenvalue weighted by atomic mass is 127. The second-order valence-electron chi connectivity index (χ2n) is 2.45. The van der Waals surface area contributed by atoms with Crippen molar-refractivity contribution >= 4 is 34.2 Å². The summed E-state index contributed by atoms with van der Waals surface area (Å²) in [6.45, 7) is 0. The number of hydrogen-bond donors (Lipinski definition) is 0. The van der Waals surface area contributed by atoms with Gasteiger partial charge in [0, 0.05) is 0 Å². The number of aromatic nitrogens is 1. The van der Waals surface area contributed by atoms with Gasteiger partial charge in [-0.3, -0.25) is 0 Å². The van der Waals surface area contributed by atoms with Crippen LogP contribution in [0.3, 0.4) is 0 Å². The van der Waals surface area contributed by atoms with Crippen molar-refractivity contribution in [3.05, 3.63) is 21.0 Å². The maximum atomic E-state index is 12.6. The summed E-state index contributed by atoms with van der Waals surface area (Å²) in [6.07, 6.45) is -2.58. The van der Waals surface area contributed by atoms with Gasteiger partial charge in [-0.05, 0) is 28.7 Å². The molecule has 0 radical (unpaired) electrons. The van der Waals surface area contributed by atoms with E-state index in [9.17, 15) is 8.78 Å². The minimum Gasteiger partial charge on any atom is -0.494 e. The normalized spacial score (nSPS) is 10.7. The lowest BCUT2D eigenvalue weighted by Gasteiger charge is -2.11. The zero-order valence-electron chi connectivity index (χ0n) is 7.23. The quantitative estimate of drug-likeness (QED) is 0.481. The maximum absolute atomic E-state index is 12.6. The number of halogens is 4. The highest BCUT2D eigenvalue weighted by Crippen LogP contribution is 2.32. The standard InChI is InChI=1S/C8H7ClF2INO/c1-14-7-4(8(10)11)2-6(12)13-5(7)3-9/h2,8H,3H2,1H3. The summed E-state index contributed by atoms with van der Waals surface area (Å²) in [5.74, 6) is 0.134. The van der Waals surface area contributed by atoms with Crippen LogP contribution in [0.25, 0.3) is 0 Å². The fourth-order valence-electron chi connectivity index (χ4n) is 1.06. The molecule has 0 N–H and O–H groups in total. The molecule has 6 heteroatoms. The molecule has 78 valence electrons. The third-order valence-corrected chi connectivity index (χ3v) is 2.41. The second kappa shape index (κ2) is 5.06. The summed E-state index contributed by atoms with van der Waals surface area (Å²) < 4.78 is 30.4. The molecule has 0 bridgehead atoms. The van der Waals surface area contributed by atoms with Crippen molar-refractivity contribution in [2.24, 2.45) is 0 Å². The van der Waals surface area contributed by atoms with Gasteiger partial charge >= 0.3 is 0 Å². The van der Waals surface area contributed by atoms with Crippen LogP contribution in [-0.2, 0) is 5.88 Å². The van der Waals surface area contributed by atoms with E-state index in [0.717, 1.165) is 0 Å². The molecular formula is C8H7ClF2INO. The van der Waals surface area contributed by atoms with E-state index in [1.54, 1.807) is 0 Å². The molecular weight excluding hydrogens is 326 g/mol. The Hall–Kier alpha value is -0.170. The van der Waals surface area contributed by atoms with Crippen LogP contribution in [-0.4, -0.2) is 12.1 Å². The molecule has 0 amide bonds. The summed E-state index contributed by atoms with van der Waals surface area (Å²) >= 11 is 7.43. The Morgan fingerprint density at radius 1 is 1.64 bits per heavy atom. The summed E-state index contributed by atoms with van der Waals surface area (Å²) in [5.41, 5.74) is 0.180. The van der Waals surface area contributed by atoms with Crippen LogP contribution in [0, 0.1) is 3.70 Å². The van der Waals surface area contributed by atoms with Crippen LogP contribution in [0.4, 0.5) is 8.78 Å². The Kier molecular flexibility index (Phi) is 4.31. The maximum Gasteiger partial charge on any atom is 0.267 e. The molecule has 1 rings (SSSR count). The van der Waals surface area contributed by atoms with Crippen LogP contribution in [0.5, 0.6) is 5.75 Å². The van der Waals surface area contributed by atoms with Crippen LogP contribution < -0.4 is 4.74 Å². The van der Waals surface area contributed by atoms with Crippen molar-refractivity contribution < 1.29 is 13.5 Å². The smallest absolute Gasteiger partial charge is 0.267 e. The molecule has 0 unspecified atom stereocenters. The van der Waals surface area contributed by atoms with Crippen molar-refractivity contribution in [2.75, 3.05) is 7.11 Å². The van der Waals surface area contributed by atoms with E-state index in [1.165, 1.54) is 13.2 Å². The van der Waals surface area contributed by atoms with Crippen LogP contribution in [0.2, 0.25) is 0 Å². The van der Waals surface area contributed by atoms with Crippen molar-refractivity contribution in [1.29, 1.82) is 0 Å². The number of hydrogen-bond acceptors (Lipinski definition) is 2. The van der Waals surface area contributed by atoms with E-state index in [0.29, 0.717) is 9.39 Å². The lowest BCUT2D eigenvalue weighted by molar-refractivity contribution is 0.146. The highest BCUT2D eigenvalue weighted by Gasteiger charge is 2.18. The third-order valence-electron chi connectivity index (χ3n) is 1.61. The SMILES string of the molecule is COc1c(C(F)F)cc(I)nc1CCl. The molecule has 0 fully saturated rings. The van der Waals surface area contributed by atoms with Gasteiger partial charge in [0.05, 0.1) is 24.2 Å². The highest BCUT2D eigenvalue weighted by molar-refractivity contribution is 14.1. The van der Waals surface area contributed by atoms with Gasteiger partial charge in [0.2, 0.25) is 0 Å². The Labute approximate surface area is 98.8 Å². The number of nitrogens with zero attached hydrogens (tertiary/aromatic N) is 1. The first-order chi connectivity index (χ1) is 6.60. The number of pyridine rings is 1. The molecule has 1 aromatic heterocycles. The van der Waals surface area contributed by atoms with Crippen LogP contribution >= 0.6 is 34.2 Å². The summed E-state index contributed by atoms with van der Waals surface area (Å²) in [4.78, 5) is 4.00. The minimum absolute atomic E-state index is 0.0553. The molecule has 0 saturated heterocycles. The van der Waals surface area contributed by atoms with E-state index >= 15 is 0 Å². The van der Waals surface area contributed by atoms with Gasteiger partial charge < -0.3 is 4.74 Å². The van der Waals surface area contributed by atoms with Gasteiger partial charge in [-0.25, -0.2) is 13.8 Å². The topological polar surface area (TPSA) is 22.1 Å². The largest absolute Gasteiger partial charge is 0.494 e. The zero-order valence-corrected chi connectivity index (χ0v) is 10.1. The number of ether oxygens (including phenoxy) is 1. The lowest BCUT2D eigenvalue weighted by atomic mass is 10.2. The van der Waals surface area contributed by atoms with Crippen molar-refractivity contribution in [2.45, 2.75) is 12.3 Å². The molecule has 14 heavy (non-hydrogen) atoms. The molecule has 0 spiro atoms. The average molecular weight is 334 g/mol. The fraction of sp³-hybridized carbons (Fsp3) is 0.375. The molecule has 0 aromatic carbocycles. The predicted molar refractivity (Wildman–Crippen MR) is 58.0 cm³/mol. The molecule has 1 heterocycles. The third kappa shape index (κ3) is 2.44. The molecule has 0 aliphatic heterocycles. The van der Waals surface area contributed by atoms with E-state index in [4.69, 9.17) is 16.3 Å². The summed E-state index contributed by atoms with van der Waals surface area (Å²) in [7, 11) is 1.33. The van der Waals surface area contributed by atoms with E-state index in [1.807, 2.05) is 22.6 Å². The number of alkyl halides is 3. The predicted octanol–water partition coefficient (Wildman–Crippen LogP) is 3.37. The molecule has 0 atom stereocenters. The van der Waals surface area contributed by atoms with Crippen LogP contribution in [0.1, 0.15) is 17.7 Å². The molecule has 0 saturated carbocycles. The Morgan fingerprint density at radius 2 is 2.29 bits per heavy atom. The average Bonchev–Trinajstić information content (AvgIpc) is 2.16. The van der Waals surface area contributed by atoms with E-state index < -0.39 is 6.43 Å². The monoisotopic (exact) mass is 333 g/mol. The van der Waals surface area contributed by atoms with E-state index in [2.05, 4.69) is 4.98 Å². The first kappa shape index (κ1) is 11.9. The van der Waals surface area contributed by atoms with Gasteiger partial charge in [0.15, 0.2) is 5.75 Å². The molecule has 0 aliphatic carbocycles. The molecule has 2 nitrogen and oxygen atoms in total. The molecule has 0 aliphatic rings. The van der Waals surface area contributed by atoms with Gasteiger partial charge in [-0.1, -0.05) is 0 Å². The van der Waals surface area contributed by atoms with Gasteiger partial charge in [-0.15, -0.1) is 11.6 Å². The minimum atomic E-state index is -2.58. The Bertz CT molecular complexity index is 335.